The van der Waals surface area contributed by atoms with Crippen molar-refractivity contribution in [3.05, 3.63) is 29.3 Å². The second-order valence-corrected chi connectivity index (χ2v) is 3.81. The highest BCUT2D eigenvalue weighted by Gasteiger charge is 2.08. The Bertz CT molecular complexity index is 377. The number of ether oxygens (including phenoxy) is 1. The van der Waals surface area contributed by atoms with E-state index in [1.165, 1.54) is 0 Å². The number of nitrogens with two attached hydrogens (primary N) is 1. The predicted molar refractivity (Wildman–Crippen MR) is 66.8 cm³/mol. The summed E-state index contributed by atoms with van der Waals surface area (Å²) in [5, 5.41) is 8.72. The standard InChI is InChI=1S/C13H19NO3/c1-2-17-13(16)11-6-7-12(14)10(9-11)5-3-4-8-15/h6-7,9,15H,2-5,8,14H2,1H3. The monoisotopic (exact) mass is 237 g/mol. The highest BCUT2D eigenvalue weighted by Crippen LogP contribution is 2.17. The second-order valence-electron chi connectivity index (χ2n) is 3.81. The van der Waals surface area contributed by atoms with E-state index in [9.17, 15) is 4.79 Å². The molecule has 0 aromatic heterocycles. The molecule has 1 aromatic rings. The average Bonchev–Trinajstić information content (AvgIpc) is 2.32. The van der Waals surface area contributed by atoms with Crippen molar-refractivity contribution in [3.8, 4) is 0 Å². The molecular formula is C13H19NO3. The Labute approximate surface area is 101 Å². The highest BCUT2D eigenvalue weighted by molar-refractivity contribution is 5.90. The normalized spacial score (nSPS) is 10.2. The Morgan fingerprint density at radius 2 is 2.18 bits per heavy atom. The Morgan fingerprint density at radius 1 is 1.41 bits per heavy atom. The van der Waals surface area contributed by atoms with Crippen LogP contribution in [-0.2, 0) is 11.2 Å². The third kappa shape index (κ3) is 4.07. The zero-order valence-corrected chi connectivity index (χ0v) is 10.1. The topological polar surface area (TPSA) is 72.5 Å². The van der Waals surface area contributed by atoms with Crippen LogP contribution in [-0.4, -0.2) is 24.3 Å². The molecule has 4 nitrogen and oxygen atoms in total. The molecule has 0 amide bonds. The molecule has 0 saturated heterocycles. The summed E-state index contributed by atoms with van der Waals surface area (Å²) in [4.78, 5) is 11.5. The molecule has 17 heavy (non-hydrogen) atoms. The van der Waals surface area contributed by atoms with E-state index in [4.69, 9.17) is 15.6 Å². The van der Waals surface area contributed by atoms with E-state index in [2.05, 4.69) is 0 Å². The lowest BCUT2D eigenvalue weighted by molar-refractivity contribution is 0.0526. The fourth-order valence-corrected chi connectivity index (χ4v) is 1.59. The number of hydrogen-bond donors (Lipinski definition) is 2. The summed E-state index contributed by atoms with van der Waals surface area (Å²) in [5.41, 5.74) is 7.97. The molecule has 4 heteroatoms. The minimum absolute atomic E-state index is 0.178. The number of nitrogen functional groups attached to an aromatic ring is 1. The van der Waals surface area contributed by atoms with Crippen LogP contribution in [0.4, 0.5) is 5.69 Å². The molecule has 0 heterocycles. The number of rotatable bonds is 6. The summed E-state index contributed by atoms with van der Waals surface area (Å²) in [6.45, 7) is 2.32. The van der Waals surface area contributed by atoms with Gasteiger partial charge in [0, 0.05) is 12.3 Å². The minimum atomic E-state index is -0.323. The van der Waals surface area contributed by atoms with Crippen molar-refractivity contribution < 1.29 is 14.6 Å². The van der Waals surface area contributed by atoms with Gasteiger partial charge in [0.25, 0.3) is 0 Å². The first-order valence-corrected chi connectivity index (χ1v) is 5.85. The van der Waals surface area contributed by atoms with Crippen LogP contribution in [0.5, 0.6) is 0 Å². The number of anilines is 1. The molecule has 0 aliphatic rings. The van der Waals surface area contributed by atoms with Crippen molar-refractivity contribution in [2.75, 3.05) is 18.9 Å². The largest absolute Gasteiger partial charge is 0.462 e. The number of benzene rings is 1. The summed E-state index contributed by atoms with van der Waals surface area (Å²) < 4.78 is 4.93. The lowest BCUT2D eigenvalue weighted by atomic mass is 10.0. The van der Waals surface area contributed by atoms with Crippen LogP contribution in [0.25, 0.3) is 0 Å². The van der Waals surface area contributed by atoms with E-state index in [0.29, 0.717) is 17.9 Å². The fraction of sp³-hybridized carbons (Fsp3) is 0.462. The van der Waals surface area contributed by atoms with Gasteiger partial charge < -0.3 is 15.6 Å². The van der Waals surface area contributed by atoms with Gasteiger partial charge in [0.2, 0.25) is 0 Å². The molecule has 0 aliphatic heterocycles. The van der Waals surface area contributed by atoms with Gasteiger partial charge in [-0.3, -0.25) is 0 Å². The molecule has 0 fully saturated rings. The first-order valence-electron chi connectivity index (χ1n) is 5.85. The number of hydrogen-bond acceptors (Lipinski definition) is 4. The molecule has 1 rings (SSSR count). The lowest BCUT2D eigenvalue weighted by Gasteiger charge is -2.08. The van der Waals surface area contributed by atoms with E-state index in [1.54, 1.807) is 25.1 Å². The molecule has 94 valence electrons. The summed E-state index contributed by atoms with van der Waals surface area (Å²) in [6, 6.07) is 5.16. The van der Waals surface area contributed by atoms with Crippen molar-refractivity contribution in [1.82, 2.24) is 0 Å². The van der Waals surface area contributed by atoms with Crippen LogP contribution in [0.3, 0.4) is 0 Å². The van der Waals surface area contributed by atoms with Crippen molar-refractivity contribution in [3.63, 3.8) is 0 Å². The van der Waals surface area contributed by atoms with Crippen molar-refractivity contribution in [2.45, 2.75) is 26.2 Å². The zero-order valence-electron chi connectivity index (χ0n) is 10.1. The minimum Gasteiger partial charge on any atom is -0.462 e. The van der Waals surface area contributed by atoms with Crippen LogP contribution in [0, 0.1) is 0 Å². The molecule has 1 aromatic carbocycles. The van der Waals surface area contributed by atoms with Gasteiger partial charge in [0.05, 0.1) is 12.2 Å². The van der Waals surface area contributed by atoms with Crippen LogP contribution in [0.2, 0.25) is 0 Å². The van der Waals surface area contributed by atoms with Gasteiger partial charge in [-0.1, -0.05) is 0 Å². The molecule has 0 bridgehead atoms. The van der Waals surface area contributed by atoms with Gasteiger partial charge in [0.15, 0.2) is 0 Å². The van der Waals surface area contributed by atoms with Gasteiger partial charge in [-0.25, -0.2) is 4.79 Å². The maximum absolute atomic E-state index is 11.5. The van der Waals surface area contributed by atoms with Gasteiger partial charge in [-0.15, -0.1) is 0 Å². The lowest BCUT2D eigenvalue weighted by Crippen LogP contribution is -2.06. The third-order valence-corrected chi connectivity index (χ3v) is 2.51. The van der Waals surface area contributed by atoms with Crippen LogP contribution in [0.1, 0.15) is 35.7 Å². The summed E-state index contributed by atoms with van der Waals surface area (Å²) in [6.07, 6.45) is 2.36. The molecule has 0 saturated carbocycles. The van der Waals surface area contributed by atoms with Crippen LogP contribution < -0.4 is 5.73 Å². The zero-order chi connectivity index (χ0) is 12.7. The van der Waals surface area contributed by atoms with E-state index < -0.39 is 0 Å². The number of unbranched alkanes of at least 4 members (excludes halogenated alkanes) is 1. The van der Waals surface area contributed by atoms with Crippen molar-refractivity contribution in [1.29, 1.82) is 0 Å². The maximum atomic E-state index is 11.5. The summed E-state index contributed by atoms with van der Waals surface area (Å²) in [7, 11) is 0. The van der Waals surface area contributed by atoms with E-state index >= 15 is 0 Å². The highest BCUT2D eigenvalue weighted by atomic mass is 16.5. The number of aliphatic hydroxyl groups is 1. The molecule has 0 spiro atoms. The first kappa shape index (κ1) is 13.5. The molecule has 3 N–H and O–H groups in total. The second kappa shape index (κ2) is 6.91. The number of aliphatic hydroxyl groups excluding tert-OH is 1. The summed E-state index contributed by atoms with van der Waals surface area (Å²) in [5.74, 6) is -0.323. The maximum Gasteiger partial charge on any atom is 0.338 e. The number of carbonyl (C=O) groups is 1. The van der Waals surface area contributed by atoms with Gasteiger partial charge in [-0.05, 0) is 49.9 Å². The SMILES string of the molecule is CCOC(=O)c1ccc(N)c(CCCCO)c1. The van der Waals surface area contributed by atoms with Gasteiger partial charge in [-0.2, -0.15) is 0 Å². The third-order valence-electron chi connectivity index (χ3n) is 2.51. The number of aryl methyl sites for hydroxylation is 1. The van der Waals surface area contributed by atoms with Crippen LogP contribution >= 0.6 is 0 Å². The molecular weight excluding hydrogens is 218 g/mol. The quantitative estimate of drug-likeness (QED) is 0.449. The van der Waals surface area contributed by atoms with Crippen molar-refractivity contribution >= 4 is 11.7 Å². The first-order chi connectivity index (χ1) is 8.19. The molecule has 0 aliphatic carbocycles. The van der Waals surface area contributed by atoms with Crippen molar-refractivity contribution in [2.24, 2.45) is 0 Å². The smallest absolute Gasteiger partial charge is 0.338 e. The Balaban J connectivity index is 2.75. The van der Waals surface area contributed by atoms with E-state index in [0.717, 1.165) is 24.8 Å². The number of esters is 1. The van der Waals surface area contributed by atoms with E-state index in [-0.39, 0.29) is 12.6 Å². The predicted octanol–water partition coefficient (Wildman–Crippen LogP) is 1.76. The van der Waals surface area contributed by atoms with Crippen LogP contribution in [0.15, 0.2) is 18.2 Å². The molecule has 0 radical (unpaired) electrons. The number of carbonyl (C=O) groups excluding carboxylic acids is 1. The fourth-order valence-electron chi connectivity index (χ4n) is 1.59. The Hall–Kier alpha value is -1.55. The Kier molecular flexibility index (Phi) is 5.49. The molecule has 0 unspecified atom stereocenters. The van der Waals surface area contributed by atoms with Gasteiger partial charge in [0.1, 0.15) is 0 Å². The average molecular weight is 237 g/mol. The summed E-state index contributed by atoms with van der Waals surface area (Å²) >= 11 is 0. The Morgan fingerprint density at radius 3 is 2.82 bits per heavy atom. The van der Waals surface area contributed by atoms with E-state index in [1.807, 2.05) is 0 Å². The van der Waals surface area contributed by atoms with Gasteiger partial charge >= 0.3 is 5.97 Å². The molecule has 0 atom stereocenters.